The third-order valence-corrected chi connectivity index (χ3v) is 5.80. The lowest BCUT2D eigenvalue weighted by Gasteiger charge is -2.30. The predicted octanol–water partition coefficient (Wildman–Crippen LogP) is 2.79. The molecule has 0 radical (unpaired) electrons. The molecule has 0 spiro atoms. The molecule has 0 N–H and O–H groups in total. The smallest absolute Gasteiger partial charge is 0.226 e. The number of amides is 2. The molecule has 4 nitrogen and oxygen atoms in total. The van der Waals surface area contributed by atoms with Crippen molar-refractivity contribution in [1.29, 1.82) is 0 Å². The van der Waals surface area contributed by atoms with Crippen molar-refractivity contribution in [2.45, 2.75) is 57.0 Å². The van der Waals surface area contributed by atoms with Crippen LogP contribution < -0.4 is 0 Å². The first-order valence-corrected chi connectivity index (χ1v) is 9.28. The summed E-state index contributed by atoms with van der Waals surface area (Å²) < 4.78 is 0. The molecule has 128 valence electrons. The first-order chi connectivity index (χ1) is 11.6. The first kappa shape index (κ1) is 15.7. The van der Waals surface area contributed by atoms with Gasteiger partial charge < -0.3 is 9.80 Å². The minimum atomic E-state index is 0.153. The monoisotopic (exact) mass is 326 g/mol. The highest BCUT2D eigenvalue weighted by Crippen LogP contribution is 2.49. The van der Waals surface area contributed by atoms with Crippen molar-refractivity contribution in [3.05, 3.63) is 35.9 Å². The van der Waals surface area contributed by atoms with Gasteiger partial charge in [-0.2, -0.15) is 0 Å². The maximum absolute atomic E-state index is 13.0. The van der Waals surface area contributed by atoms with Crippen LogP contribution in [0.2, 0.25) is 0 Å². The molecule has 1 unspecified atom stereocenters. The summed E-state index contributed by atoms with van der Waals surface area (Å²) in [5.41, 5.74) is 1.29. The molecular formula is C20H26N2O2. The van der Waals surface area contributed by atoms with Crippen molar-refractivity contribution in [1.82, 2.24) is 9.80 Å². The molecule has 2 amide bonds. The summed E-state index contributed by atoms with van der Waals surface area (Å²) in [5, 5.41) is 0. The van der Waals surface area contributed by atoms with Crippen LogP contribution in [0.3, 0.4) is 0 Å². The number of likely N-dealkylation sites (tertiary alicyclic amines) is 1. The van der Waals surface area contributed by atoms with Crippen LogP contribution >= 0.6 is 0 Å². The topological polar surface area (TPSA) is 40.6 Å². The van der Waals surface area contributed by atoms with E-state index in [2.05, 4.69) is 17.0 Å². The van der Waals surface area contributed by atoms with Crippen molar-refractivity contribution in [2.24, 2.45) is 5.92 Å². The number of benzene rings is 1. The van der Waals surface area contributed by atoms with Crippen molar-refractivity contribution in [3.63, 3.8) is 0 Å². The highest BCUT2D eigenvalue weighted by atomic mass is 16.2. The fraction of sp³-hybridized carbons (Fsp3) is 0.600. The Hall–Kier alpha value is -1.84. The van der Waals surface area contributed by atoms with E-state index in [0.29, 0.717) is 17.9 Å². The summed E-state index contributed by atoms with van der Waals surface area (Å²) in [6, 6.07) is 11.0. The maximum Gasteiger partial charge on any atom is 0.226 e. The lowest BCUT2D eigenvalue weighted by molar-refractivity contribution is -0.136. The summed E-state index contributed by atoms with van der Waals surface area (Å²) >= 11 is 0. The Labute approximate surface area is 143 Å². The van der Waals surface area contributed by atoms with E-state index in [0.717, 1.165) is 45.2 Å². The van der Waals surface area contributed by atoms with Gasteiger partial charge in [0.1, 0.15) is 0 Å². The van der Waals surface area contributed by atoms with Crippen LogP contribution in [0, 0.1) is 5.92 Å². The Morgan fingerprint density at radius 2 is 1.92 bits per heavy atom. The van der Waals surface area contributed by atoms with E-state index in [1.807, 2.05) is 23.1 Å². The van der Waals surface area contributed by atoms with E-state index in [4.69, 9.17) is 0 Å². The van der Waals surface area contributed by atoms with E-state index in [1.54, 1.807) is 6.92 Å². The highest BCUT2D eigenvalue weighted by Gasteiger charge is 2.48. The minimum Gasteiger partial charge on any atom is -0.338 e. The van der Waals surface area contributed by atoms with Gasteiger partial charge in [0, 0.05) is 38.0 Å². The average Bonchev–Trinajstić information content (AvgIpc) is 3.50. The lowest BCUT2D eigenvalue weighted by Crippen LogP contribution is -2.46. The van der Waals surface area contributed by atoms with E-state index in [-0.39, 0.29) is 17.9 Å². The average molecular weight is 326 g/mol. The largest absolute Gasteiger partial charge is 0.338 e. The summed E-state index contributed by atoms with van der Waals surface area (Å²) in [6.45, 7) is 3.25. The van der Waals surface area contributed by atoms with Crippen LogP contribution in [0.4, 0.5) is 0 Å². The molecule has 1 aliphatic heterocycles. The number of hydrogen-bond donors (Lipinski definition) is 0. The van der Waals surface area contributed by atoms with Crippen molar-refractivity contribution in [3.8, 4) is 0 Å². The molecule has 0 bridgehead atoms. The van der Waals surface area contributed by atoms with E-state index in [9.17, 15) is 9.59 Å². The second-order valence-electron chi connectivity index (χ2n) is 7.59. The SMILES string of the molecule is CC(=O)N(CC1CCCN1C(=O)[C@H]1C[C@@H]1c1ccccc1)C1CC1. The standard InChI is InChI=1S/C20H26N2O2/c1-14(23)22(16-9-10-16)13-17-8-5-11-21(17)20(24)19-12-18(19)15-6-3-2-4-7-15/h2-4,6-7,16-19H,5,8-13H2,1H3/t17?,18-,19+/m1/s1. The van der Waals surface area contributed by atoms with Crippen LogP contribution in [0.1, 0.15) is 50.5 Å². The van der Waals surface area contributed by atoms with Gasteiger partial charge in [-0.25, -0.2) is 0 Å². The first-order valence-electron chi connectivity index (χ1n) is 9.28. The molecule has 24 heavy (non-hydrogen) atoms. The molecule has 1 aromatic rings. The zero-order valence-corrected chi connectivity index (χ0v) is 14.4. The number of carbonyl (C=O) groups is 2. The van der Waals surface area contributed by atoms with Gasteiger partial charge in [0.05, 0.1) is 0 Å². The molecule has 1 heterocycles. The van der Waals surface area contributed by atoms with Crippen molar-refractivity contribution >= 4 is 11.8 Å². The molecule has 2 saturated carbocycles. The zero-order valence-electron chi connectivity index (χ0n) is 14.4. The fourth-order valence-electron chi connectivity index (χ4n) is 4.21. The second-order valence-corrected chi connectivity index (χ2v) is 7.59. The maximum atomic E-state index is 13.0. The normalized spacial score (nSPS) is 28.7. The fourth-order valence-corrected chi connectivity index (χ4v) is 4.21. The third kappa shape index (κ3) is 3.06. The van der Waals surface area contributed by atoms with Crippen molar-refractivity contribution < 1.29 is 9.59 Å². The van der Waals surface area contributed by atoms with Gasteiger partial charge in [0.25, 0.3) is 0 Å². The number of hydrogen-bond acceptors (Lipinski definition) is 2. The van der Waals surface area contributed by atoms with Gasteiger partial charge in [-0.15, -0.1) is 0 Å². The predicted molar refractivity (Wildman–Crippen MR) is 92.4 cm³/mol. The summed E-state index contributed by atoms with van der Waals surface area (Å²) in [7, 11) is 0. The number of rotatable bonds is 5. The number of nitrogens with zero attached hydrogens (tertiary/aromatic N) is 2. The molecule has 4 heteroatoms. The van der Waals surface area contributed by atoms with Gasteiger partial charge in [-0.05, 0) is 43.6 Å². The van der Waals surface area contributed by atoms with Crippen LogP contribution in [-0.2, 0) is 9.59 Å². The summed E-state index contributed by atoms with van der Waals surface area (Å²) in [5.74, 6) is 1.02. The molecule has 3 atom stereocenters. The Morgan fingerprint density at radius 3 is 2.58 bits per heavy atom. The van der Waals surface area contributed by atoms with E-state index >= 15 is 0 Å². The van der Waals surface area contributed by atoms with Crippen LogP contribution in [0.5, 0.6) is 0 Å². The highest BCUT2D eigenvalue weighted by molar-refractivity contribution is 5.83. The molecule has 0 aromatic heterocycles. The summed E-state index contributed by atoms with van der Waals surface area (Å²) in [4.78, 5) is 28.9. The Balaban J connectivity index is 1.40. The minimum absolute atomic E-state index is 0.153. The van der Waals surface area contributed by atoms with E-state index < -0.39 is 0 Å². The zero-order chi connectivity index (χ0) is 16.7. The number of carbonyl (C=O) groups excluding carboxylic acids is 2. The van der Waals surface area contributed by atoms with Gasteiger partial charge >= 0.3 is 0 Å². The lowest BCUT2D eigenvalue weighted by atomic mass is 10.1. The molecule has 3 fully saturated rings. The Bertz CT molecular complexity index is 626. The third-order valence-electron chi connectivity index (χ3n) is 5.80. The molecule has 2 aliphatic carbocycles. The second kappa shape index (κ2) is 6.23. The van der Waals surface area contributed by atoms with Crippen LogP contribution in [0.15, 0.2) is 30.3 Å². The van der Waals surface area contributed by atoms with Crippen LogP contribution in [-0.4, -0.2) is 46.8 Å². The molecule has 1 aromatic carbocycles. The van der Waals surface area contributed by atoms with Crippen molar-refractivity contribution in [2.75, 3.05) is 13.1 Å². The van der Waals surface area contributed by atoms with Crippen LogP contribution in [0.25, 0.3) is 0 Å². The van der Waals surface area contributed by atoms with Gasteiger partial charge in [-0.3, -0.25) is 9.59 Å². The molecular weight excluding hydrogens is 300 g/mol. The molecule has 3 aliphatic rings. The van der Waals surface area contributed by atoms with Gasteiger partial charge in [-0.1, -0.05) is 30.3 Å². The van der Waals surface area contributed by atoms with E-state index in [1.165, 1.54) is 5.56 Å². The Kier molecular flexibility index (Phi) is 4.07. The van der Waals surface area contributed by atoms with Gasteiger partial charge in [0.2, 0.25) is 11.8 Å². The Morgan fingerprint density at radius 1 is 1.17 bits per heavy atom. The molecule has 1 saturated heterocycles. The van der Waals surface area contributed by atoms with Gasteiger partial charge in [0.15, 0.2) is 0 Å². The quantitative estimate of drug-likeness (QED) is 0.835. The molecule has 4 rings (SSSR count). The summed E-state index contributed by atoms with van der Waals surface area (Å²) in [6.07, 6.45) is 5.32.